The normalized spacial score (nSPS) is 10.2. The molecule has 0 spiro atoms. The van der Waals surface area contributed by atoms with Gasteiger partial charge in [0.25, 0.3) is 0 Å². The maximum atomic E-state index is 14.5. The molecular formula is C28H17F3. The van der Waals surface area contributed by atoms with Crippen LogP contribution in [0.3, 0.4) is 0 Å². The summed E-state index contributed by atoms with van der Waals surface area (Å²) >= 11 is 0. The van der Waals surface area contributed by atoms with Crippen LogP contribution in [-0.4, -0.2) is 0 Å². The van der Waals surface area contributed by atoms with Gasteiger partial charge in [-0.05, 0) is 71.3 Å². The molecule has 150 valence electrons. The van der Waals surface area contributed by atoms with Crippen LogP contribution < -0.4 is 0 Å². The van der Waals surface area contributed by atoms with Crippen molar-refractivity contribution in [3.63, 3.8) is 0 Å². The van der Waals surface area contributed by atoms with Crippen LogP contribution in [0.1, 0.15) is 34.7 Å². The SMILES string of the molecule is CCc1ccc(C#Cc2cc(F)c(C#Cc3ccc4cc(F)ccc4c3)c(F)c2)cc1. The minimum absolute atomic E-state index is 0.243. The highest BCUT2D eigenvalue weighted by atomic mass is 19.1. The van der Waals surface area contributed by atoms with Crippen molar-refractivity contribution in [2.75, 3.05) is 0 Å². The van der Waals surface area contributed by atoms with Crippen LogP contribution in [0.5, 0.6) is 0 Å². The maximum absolute atomic E-state index is 14.5. The Morgan fingerprint density at radius 1 is 0.581 bits per heavy atom. The molecule has 0 aliphatic heterocycles. The molecule has 0 amide bonds. The first-order chi connectivity index (χ1) is 15.0. The van der Waals surface area contributed by atoms with Crippen molar-refractivity contribution in [2.45, 2.75) is 13.3 Å². The largest absolute Gasteiger partial charge is 0.207 e. The van der Waals surface area contributed by atoms with Crippen LogP contribution in [0.15, 0.2) is 72.8 Å². The lowest BCUT2D eigenvalue weighted by Gasteiger charge is -2.00. The molecule has 4 aromatic carbocycles. The van der Waals surface area contributed by atoms with E-state index in [4.69, 9.17) is 0 Å². The highest BCUT2D eigenvalue weighted by Gasteiger charge is 2.08. The summed E-state index contributed by atoms with van der Waals surface area (Å²) in [5.74, 6) is 9.21. The third-order valence-corrected chi connectivity index (χ3v) is 4.89. The predicted molar refractivity (Wildman–Crippen MR) is 118 cm³/mol. The van der Waals surface area contributed by atoms with Crippen LogP contribution in [0.25, 0.3) is 10.8 Å². The molecule has 0 saturated heterocycles. The summed E-state index contributed by atoms with van der Waals surface area (Å²) in [4.78, 5) is 0. The Balaban J connectivity index is 1.60. The average molecular weight is 410 g/mol. The molecule has 0 fully saturated rings. The van der Waals surface area contributed by atoms with Crippen molar-refractivity contribution in [3.8, 4) is 23.7 Å². The second-order valence-corrected chi connectivity index (χ2v) is 7.07. The van der Waals surface area contributed by atoms with Crippen molar-refractivity contribution in [2.24, 2.45) is 0 Å². The van der Waals surface area contributed by atoms with Crippen molar-refractivity contribution in [1.82, 2.24) is 0 Å². The number of rotatable bonds is 1. The monoisotopic (exact) mass is 410 g/mol. The molecule has 0 atom stereocenters. The lowest BCUT2D eigenvalue weighted by Crippen LogP contribution is -1.92. The Hall–Kier alpha value is -3.95. The van der Waals surface area contributed by atoms with Gasteiger partial charge < -0.3 is 0 Å². The molecule has 0 aromatic heterocycles. The fourth-order valence-electron chi connectivity index (χ4n) is 3.16. The summed E-state index contributed by atoms with van der Waals surface area (Å²) < 4.78 is 42.3. The summed E-state index contributed by atoms with van der Waals surface area (Å²) in [6.07, 6.45) is 0.935. The van der Waals surface area contributed by atoms with Crippen molar-refractivity contribution in [1.29, 1.82) is 0 Å². The van der Waals surface area contributed by atoms with E-state index in [2.05, 4.69) is 30.6 Å². The molecule has 0 aliphatic carbocycles. The molecular weight excluding hydrogens is 393 g/mol. The van der Waals surface area contributed by atoms with Gasteiger partial charge in [0.2, 0.25) is 0 Å². The smallest absolute Gasteiger partial charge is 0.143 e. The third-order valence-electron chi connectivity index (χ3n) is 4.89. The lowest BCUT2D eigenvalue weighted by atomic mass is 10.1. The first-order valence-corrected chi connectivity index (χ1v) is 9.83. The molecule has 0 radical (unpaired) electrons. The number of fused-ring (bicyclic) bond motifs is 1. The quantitative estimate of drug-likeness (QED) is 0.309. The Morgan fingerprint density at radius 3 is 1.87 bits per heavy atom. The van der Waals surface area contributed by atoms with E-state index in [1.54, 1.807) is 24.3 Å². The molecule has 4 rings (SSSR count). The highest BCUT2D eigenvalue weighted by molar-refractivity contribution is 5.84. The zero-order valence-electron chi connectivity index (χ0n) is 16.8. The van der Waals surface area contributed by atoms with E-state index in [0.717, 1.165) is 22.8 Å². The van der Waals surface area contributed by atoms with Gasteiger partial charge in [-0.25, -0.2) is 13.2 Å². The van der Waals surface area contributed by atoms with Crippen LogP contribution in [0, 0.1) is 41.1 Å². The Labute approximate surface area is 179 Å². The van der Waals surface area contributed by atoms with Crippen LogP contribution in [-0.2, 0) is 6.42 Å². The Bertz CT molecular complexity index is 1370. The van der Waals surface area contributed by atoms with Crippen LogP contribution in [0.2, 0.25) is 0 Å². The Morgan fingerprint density at radius 2 is 1.16 bits per heavy atom. The minimum atomic E-state index is -0.763. The third kappa shape index (κ3) is 4.80. The van der Waals surface area contributed by atoms with Gasteiger partial charge in [-0.15, -0.1) is 0 Å². The zero-order chi connectivity index (χ0) is 21.8. The van der Waals surface area contributed by atoms with Crippen LogP contribution in [0.4, 0.5) is 13.2 Å². The van der Waals surface area contributed by atoms with E-state index in [0.29, 0.717) is 5.56 Å². The highest BCUT2D eigenvalue weighted by Crippen LogP contribution is 2.18. The number of benzene rings is 4. The molecule has 0 saturated carbocycles. The minimum Gasteiger partial charge on any atom is -0.207 e. The van der Waals surface area contributed by atoms with Gasteiger partial charge in [0, 0.05) is 16.7 Å². The average Bonchev–Trinajstić information content (AvgIpc) is 2.77. The van der Waals surface area contributed by atoms with E-state index in [1.165, 1.54) is 29.8 Å². The van der Waals surface area contributed by atoms with Gasteiger partial charge in [-0.1, -0.05) is 54.9 Å². The second-order valence-electron chi connectivity index (χ2n) is 7.07. The van der Waals surface area contributed by atoms with E-state index >= 15 is 0 Å². The fraction of sp³-hybridized carbons (Fsp3) is 0.0714. The molecule has 0 bridgehead atoms. The standard InChI is InChI=1S/C28H17F3/c1-2-19-3-5-20(6-4-19)7-8-22-16-27(30)26(28(31)17-22)14-10-21-9-11-24-18-25(29)13-12-23(24)15-21/h3-6,9,11-13,15-18H,2H2,1H3. The molecule has 0 aliphatic rings. The van der Waals surface area contributed by atoms with Crippen LogP contribution >= 0.6 is 0 Å². The first kappa shape index (κ1) is 20.3. The Kier molecular flexibility index (Phi) is 5.78. The number of hydrogen-bond acceptors (Lipinski definition) is 0. The first-order valence-electron chi connectivity index (χ1n) is 9.83. The molecule has 0 heterocycles. The van der Waals surface area contributed by atoms with Gasteiger partial charge in [0.15, 0.2) is 0 Å². The van der Waals surface area contributed by atoms with E-state index in [-0.39, 0.29) is 16.9 Å². The second kappa shape index (κ2) is 8.82. The zero-order valence-corrected chi connectivity index (χ0v) is 16.8. The van der Waals surface area contributed by atoms with E-state index in [1.807, 2.05) is 24.3 Å². The van der Waals surface area contributed by atoms with Gasteiger partial charge in [0.1, 0.15) is 17.5 Å². The summed E-state index contributed by atoms with van der Waals surface area (Å²) in [5, 5.41) is 1.53. The molecule has 31 heavy (non-hydrogen) atoms. The number of hydrogen-bond donors (Lipinski definition) is 0. The lowest BCUT2D eigenvalue weighted by molar-refractivity contribution is 0.577. The van der Waals surface area contributed by atoms with E-state index in [9.17, 15) is 13.2 Å². The number of halogens is 3. The molecule has 0 nitrogen and oxygen atoms in total. The molecule has 3 heteroatoms. The van der Waals surface area contributed by atoms with Gasteiger partial charge in [0.05, 0.1) is 5.56 Å². The van der Waals surface area contributed by atoms with Gasteiger partial charge in [-0.2, -0.15) is 0 Å². The molecule has 4 aromatic rings. The topological polar surface area (TPSA) is 0 Å². The maximum Gasteiger partial charge on any atom is 0.143 e. The molecule has 0 unspecified atom stereocenters. The fourth-order valence-corrected chi connectivity index (χ4v) is 3.16. The number of aryl methyl sites for hydroxylation is 1. The predicted octanol–water partition coefficient (Wildman–Crippen LogP) is 6.62. The van der Waals surface area contributed by atoms with E-state index < -0.39 is 11.6 Å². The summed E-state index contributed by atoms with van der Waals surface area (Å²) in [6.45, 7) is 2.07. The van der Waals surface area contributed by atoms with Crippen molar-refractivity contribution < 1.29 is 13.2 Å². The van der Waals surface area contributed by atoms with Gasteiger partial charge in [-0.3, -0.25) is 0 Å². The summed E-state index contributed by atoms with van der Waals surface area (Å²) in [6, 6.07) is 19.7. The van der Waals surface area contributed by atoms with Gasteiger partial charge >= 0.3 is 0 Å². The summed E-state index contributed by atoms with van der Waals surface area (Å²) in [7, 11) is 0. The van der Waals surface area contributed by atoms with Crippen molar-refractivity contribution >= 4 is 10.8 Å². The van der Waals surface area contributed by atoms with Crippen molar-refractivity contribution in [3.05, 3.63) is 118 Å². The molecule has 0 N–H and O–H groups in total. The summed E-state index contributed by atoms with van der Waals surface area (Å²) in [5.41, 5.74) is 2.49.